The molecule has 0 radical (unpaired) electrons. The molecule has 0 unspecified atom stereocenters. The van der Waals surface area contributed by atoms with Gasteiger partial charge < -0.3 is 4.57 Å². The largest absolute Gasteiger partial charge is 0.323 e. The van der Waals surface area contributed by atoms with Crippen LogP contribution in [0.1, 0.15) is 18.9 Å². The summed E-state index contributed by atoms with van der Waals surface area (Å²) in [5, 5.41) is 11.7. The number of thiophene rings is 1. The molecule has 2 aromatic heterocycles. The van der Waals surface area contributed by atoms with Crippen LogP contribution in [0.2, 0.25) is 5.02 Å². The molecule has 0 saturated carbocycles. The van der Waals surface area contributed by atoms with Crippen LogP contribution in [0.15, 0.2) is 29.6 Å². The van der Waals surface area contributed by atoms with Gasteiger partial charge in [-0.05, 0) is 36.1 Å². The molecule has 0 aliphatic rings. The van der Waals surface area contributed by atoms with Crippen molar-refractivity contribution in [3.05, 3.63) is 40.2 Å². The van der Waals surface area contributed by atoms with E-state index in [0.717, 1.165) is 39.7 Å². The van der Waals surface area contributed by atoms with E-state index in [2.05, 4.69) is 22.5 Å². The second kappa shape index (κ2) is 5.28. The highest BCUT2D eigenvalue weighted by molar-refractivity contribution is 7.14. The Morgan fingerprint density at radius 1 is 1.40 bits per heavy atom. The quantitative estimate of drug-likeness (QED) is 0.703. The maximum absolute atomic E-state index is 9.00. The number of imidazole rings is 1. The van der Waals surface area contributed by atoms with Crippen LogP contribution in [0.3, 0.4) is 0 Å². The minimum Gasteiger partial charge on any atom is -0.323 e. The van der Waals surface area contributed by atoms with Crippen molar-refractivity contribution in [2.45, 2.75) is 19.9 Å². The van der Waals surface area contributed by atoms with Gasteiger partial charge in [-0.3, -0.25) is 0 Å². The van der Waals surface area contributed by atoms with Gasteiger partial charge in [0.2, 0.25) is 0 Å². The SMILES string of the molecule is CCCn1c(-c2sccc2Cl)nc2cc(C#N)ccc21. The summed E-state index contributed by atoms with van der Waals surface area (Å²) in [6, 6.07) is 9.66. The molecule has 0 bridgehead atoms. The fourth-order valence-corrected chi connectivity index (χ4v) is 3.41. The number of benzene rings is 1. The molecule has 0 atom stereocenters. The van der Waals surface area contributed by atoms with E-state index < -0.39 is 0 Å². The Kier molecular flexibility index (Phi) is 3.47. The monoisotopic (exact) mass is 301 g/mol. The Balaban J connectivity index is 2.28. The van der Waals surface area contributed by atoms with Gasteiger partial charge in [0.15, 0.2) is 5.82 Å². The van der Waals surface area contributed by atoms with Crippen LogP contribution >= 0.6 is 22.9 Å². The van der Waals surface area contributed by atoms with E-state index in [-0.39, 0.29) is 0 Å². The van der Waals surface area contributed by atoms with Gasteiger partial charge in [-0.2, -0.15) is 5.26 Å². The summed E-state index contributed by atoms with van der Waals surface area (Å²) in [4.78, 5) is 5.66. The first-order valence-electron chi connectivity index (χ1n) is 6.38. The van der Waals surface area contributed by atoms with Crippen LogP contribution in [-0.4, -0.2) is 9.55 Å². The number of hydrogen-bond donors (Lipinski definition) is 0. The molecule has 5 heteroatoms. The van der Waals surface area contributed by atoms with Crippen LogP contribution in [0.25, 0.3) is 21.7 Å². The van der Waals surface area contributed by atoms with Crippen molar-refractivity contribution in [2.24, 2.45) is 0 Å². The maximum atomic E-state index is 9.00. The minimum absolute atomic E-state index is 0.627. The predicted molar refractivity (Wildman–Crippen MR) is 83.1 cm³/mol. The topological polar surface area (TPSA) is 41.6 Å². The van der Waals surface area contributed by atoms with E-state index in [4.69, 9.17) is 16.9 Å². The number of rotatable bonds is 3. The van der Waals surface area contributed by atoms with Gasteiger partial charge in [-0.1, -0.05) is 18.5 Å². The zero-order valence-electron chi connectivity index (χ0n) is 10.9. The number of aryl methyl sites for hydroxylation is 1. The van der Waals surface area contributed by atoms with E-state index in [0.29, 0.717) is 5.56 Å². The number of fused-ring (bicyclic) bond motifs is 1. The Labute approximate surface area is 126 Å². The van der Waals surface area contributed by atoms with Gasteiger partial charge in [0.25, 0.3) is 0 Å². The Bertz CT molecular complexity index is 810. The normalized spacial score (nSPS) is 10.8. The van der Waals surface area contributed by atoms with Gasteiger partial charge >= 0.3 is 0 Å². The van der Waals surface area contributed by atoms with Gasteiger partial charge in [0, 0.05) is 6.54 Å². The molecule has 0 N–H and O–H groups in total. The van der Waals surface area contributed by atoms with E-state index in [1.165, 1.54) is 0 Å². The van der Waals surface area contributed by atoms with E-state index in [1.54, 1.807) is 11.3 Å². The van der Waals surface area contributed by atoms with Gasteiger partial charge in [-0.15, -0.1) is 11.3 Å². The van der Waals surface area contributed by atoms with Crippen LogP contribution in [0.4, 0.5) is 0 Å². The van der Waals surface area contributed by atoms with Crippen LogP contribution in [0, 0.1) is 11.3 Å². The minimum atomic E-state index is 0.627. The molecular weight excluding hydrogens is 290 g/mol. The summed E-state index contributed by atoms with van der Waals surface area (Å²) < 4.78 is 2.17. The fraction of sp³-hybridized carbons (Fsp3) is 0.200. The summed E-state index contributed by atoms with van der Waals surface area (Å²) in [7, 11) is 0. The molecular formula is C15H12ClN3S. The highest BCUT2D eigenvalue weighted by atomic mass is 35.5. The van der Waals surface area contributed by atoms with Crippen molar-refractivity contribution < 1.29 is 0 Å². The summed E-state index contributed by atoms with van der Waals surface area (Å²) in [5.41, 5.74) is 2.52. The number of nitriles is 1. The van der Waals surface area contributed by atoms with Crippen LogP contribution in [-0.2, 0) is 6.54 Å². The van der Waals surface area contributed by atoms with Gasteiger partial charge in [0.1, 0.15) is 0 Å². The first kappa shape index (κ1) is 13.2. The molecule has 20 heavy (non-hydrogen) atoms. The highest BCUT2D eigenvalue weighted by Crippen LogP contribution is 2.34. The predicted octanol–water partition coefficient (Wildman–Crippen LogP) is 4.70. The van der Waals surface area contributed by atoms with E-state index >= 15 is 0 Å². The van der Waals surface area contributed by atoms with Crippen molar-refractivity contribution in [1.29, 1.82) is 5.26 Å². The Hall–Kier alpha value is -1.83. The van der Waals surface area contributed by atoms with Crippen molar-refractivity contribution in [2.75, 3.05) is 0 Å². The van der Waals surface area contributed by atoms with Crippen LogP contribution < -0.4 is 0 Å². The van der Waals surface area contributed by atoms with Crippen molar-refractivity contribution in [3.8, 4) is 16.8 Å². The standard InChI is InChI=1S/C15H12ClN3S/c1-2-6-19-13-4-3-10(9-17)8-12(13)18-15(19)14-11(16)5-7-20-14/h3-5,7-8H,2,6H2,1H3. The molecule has 0 spiro atoms. The van der Waals surface area contributed by atoms with Crippen LogP contribution in [0.5, 0.6) is 0 Å². The highest BCUT2D eigenvalue weighted by Gasteiger charge is 2.16. The fourth-order valence-electron chi connectivity index (χ4n) is 2.28. The zero-order chi connectivity index (χ0) is 14.1. The molecule has 2 heterocycles. The third-order valence-corrected chi connectivity index (χ3v) is 4.48. The third-order valence-electron chi connectivity index (χ3n) is 3.14. The molecule has 1 aromatic carbocycles. The lowest BCUT2D eigenvalue weighted by Crippen LogP contribution is -1.98. The lowest BCUT2D eigenvalue weighted by Gasteiger charge is -2.06. The maximum Gasteiger partial charge on any atom is 0.152 e. The molecule has 3 aromatic rings. The summed E-state index contributed by atoms with van der Waals surface area (Å²) >= 11 is 7.82. The van der Waals surface area contributed by atoms with Crippen molar-refractivity contribution >= 4 is 34.0 Å². The first-order chi connectivity index (χ1) is 9.74. The Morgan fingerprint density at radius 2 is 2.25 bits per heavy atom. The molecule has 3 nitrogen and oxygen atoms in total. The zero-order valence-corrected chi connectivity index (χ0v) is 12.5. The summed E-state index contributed by atoms with van der Waals surface area (Å²) in [6.45, 7) is 3.02. The smallest absolute Gasteiger partial charge is 0.152 e. The molecule has 3 rings (SSSR count). The molecule has 0 saturated heterocycles. The van der Waals surface area contributed by atoms with E-state index in [1.807, 2.05) is 29.6 Å². The summed E-state index contributed by atoms with van der Waals surface area (Å²) in [5.74, 6) is 0.886. The third kappa shape index (κ3) is 2.09. The second-order valence-corrected chi connectivity index (χ2v) is 5.82. The van der Waals surface area contributed by atoms with Crippen molar-refractivity contribution in [1.82, 2.24) is 9.55 Å². The van der Waals surface area contributed by atoms with E-state index in [9.17, 15) is 0 Å². The van der Waals surface area contributed by atoms with Gasteiger partial charge in [-0.25, -0.2) is 4.98 Å². The second-order valence-electron chi connectivity index (χ2n) is 4.50. The van der Waals surface area contributed by atoms with Crippen molar-refractivity contribution in [3.63, 3.8) is 0 Å². The number of aromatic nitrogens is 2. The number of nitrogens with zero attached hydrogens (tertiary/aromatic N) is 3. The lowest BCUT2D eigenvalue weighted by molar-refractivity contribution is 0.705. The average molecular weight is 302 g/mol. The average Bonchev–Trinajstić information content (AvgIpc) is 3.02. The summed E-state index contributed by atoms with van der Waals surface area (Å²) in [6.07, 6.45) is 1.02. The lowest BCUT2D eigenvalue weighted by atomic mass is 10.2. The number of halogens is 1. The molecule has 0 fully saturated rings. The first-order valence-corrected chi connectivity index (χ1v) is 7.64. The number of hydrogen-bond acceptors (Lipinski definition) is 3. The molecule has 0 aliphatic carbocycles. The Morgan fingerprint density at radius 3 is 2.90 bits per heavy atom. The molecule has 100 valence electrons. The van der Waals surface area contributed by atoms with Gasteiger partial charge in [0.05, 0.1) is 32.6 Å². The molecule has 0 amide bonds. The molecule has 0 aliphatic heterocycles.